The molecule has 0 saturated carbocycles. The third kappa shape index (κ3) is 31.1. The molecule has 0 heterocycles. The minimum Gasteiger partial charge on any atom is -0.505 e. The van der Waals surface area contributed by atoms with Crippen molar-refractivity contribution in [1.82, 2.24) is 4.90 Å². The van der Waals surface area contributed by atoms with Gasteiger partial charge in [-0.05, 0) is 20.5 Å². The molecule has 0 rings (SSSR count). The van der Waals surface area contributed by atoms with Crippen LogP contribution in [0.4, 0.5) is 0 Å². The summed E-state index contributed by atoms with van der Waals surface area (Å²) in [6.07, 6.45) is 4.19. The molecule has 200 valence electrons. The van der Waals surface area contributed by atoms with Gasteiger partial charge in [-0.1, -0.05) is 52.9 Å². The van der Waals surface area contributed by atoms with Gasteiger partial charge in [-0.2, -0.15) is 19.8 Å². The van der Waals surface area contributed by atoms with Gasteiger partial charge in [-0.25, -0.2) is 0 Å². The molecular weight excluding hydrogens is 516 g/mol. The topological polar surface area (TPSA) is 93.1 Å². The predicted molar refractivity (Wildman–Crippen MR) is 125 cm³/mol. The fourth-order valence-corrected chi connectivity index (χ4v) is 1.50. The van der Waals surface area contributed by atoms with Crippen molar-refractivity contribution in [2.24, 2.45) is 5.41 Å². The number of hydrogen-bond acceptors (Lipinski definition) is 6. The molecule has 2 radical (unpaired) electrons. The number of carboxylic acids is 1. The van der Waals surface area contributed by atoms with E-state index in [1.807, 2.05) is 32.8 Å². The van der Waals surface area contributed by atoms with Crippen molar-refractivity contribution < 1.29 is 62.5 Å². The van der Waals surface area contributed by atoms with E-state index in [1.54, 1.807) is 20.8 Å². The summed E-state index contributed by atoms with van der Waals surface area (Å²) < 4.78 is 9.93. The van der Waals surface area contributed by atoms with Crippen molar-refractivity contribution in [3.63, 3.8) is 0 Å². The molecule has 0 amide bonds. The predicted octanol–water partition coefficient (Wildman–Crippen LogP) is 4.56. The summed E-state index contributed by atoms with van der Waals surface area (Å²) in [7, 11) is 3.90. The number of esters is 2. The number of unbranched alkanes of at least 4 members (excludes halogenated alkanes) is 1. The van der Waals surface area contributed by atoms with Gasteiger partial charge in [0.25, 0.3) is 5.97 Å². The fraction of sp³-hybridized carbons (Fsp3) is 0.708. The zero-order valence-corrected chi connectivity index (χ0v) is 23.8. The Kier molecular flexibility index (Phi) is 33.0. The Hall–Kier alpha value is -0.877. The van der Waals surface area contributed by atoms with E-state index in [9.17, 15) is 14.4 Å². The standard InChI is InChI=1S/C9H18NO2.C9H17O2.C6H10O2.2Co/c1-5-8(2)9(11)12-7-6-10(3)4;1-5-6-7-11-8(10)9(2,3)4;1-3-4-5(2)6(7)8;;/h5-7H2,1-4H3;2,5-7H2,1,3-4H3;2-4H2,1H3,(H,7,8);;/q2*-1;-2;2*+2. The number of ether oxygens (including phenoxy) is 2. The molecule has 0 aromatic carbocycles. The molecular formula is C24H45Co2NO6. The SMILES string of the molecule is CC[C-](C)C(=O)OCCN(C)C.[CH2-]C(C)(C)C(=O)OCCCC.[CH2-][C-](CCC)C(=O)O.[Co+2].[Co+2]. The Morgan fingerprint density at radius 2 is 1.52 bits per heavy atom. The fourth-order valence-electron chi connectivity index (χ4n) is 1.50. The molecule has 0 saturated heterocycles. The van der Waals surface area contributed by atoms with Gasteiger partial charge in [-0.3, -0.25) is 20.3 Å². The summed E-state index contributed by atoms with van der Waals surface area (Å²) >= 11 is 0. The van der Waals surface area contributed by atoms with Gasteiger partial charge in [0.2, 0.25) is 0 Å². The Labute approximate surface area is 223 Å². The average molecular weight is 561 g/mol. The number of rotatable bonds is 12. The number of likely N-dealkylation sites (N-methyl/N-ethyl adjacent to an activating group) is 1. The van der Waals surface area contributed by atoms with E-state index in [-0.39, 0.29) is 45.5 Å². The minimum atomic E-state index is -0.883. The van der Waals surface area contributed by atoms with Crippen molar-refractivity contribution in [2.45, 2.75) is 73.6 Å². The zero-order chi connectivity index (χ0) is 25.0. The summed E-state index contributed by atoms with van der Waals surface area (Å²) in [5.41, 5.74) is -0.603. The zero-order valence-electron chi connectivity index (χ0n) is 21.7. The summed E-state index contributed by atoms with van der Waals surface area (Å²) in [4.78, 5) is 34.1. The minimum absolute atomic E-state index is 0. The van der Waals surface area contributed by atoms with Crippen LogP contribution in [0, 0.1) is 31.1 Å². The molecule has 33 heavy (non-hydrogen) atoms. The van der Waals surface area contributed by atoms with Crippen LogP contribution in [-0.2, 0) is 57.4 Å². The van der Waals surface area contributed by atoms with E-state index < -0.39 is 11.4 Å². The molecule has 0 bridgehead atoms. The van der Waals surface area contributed by atoms with E-state index in [4.69, 9.17) is 14.6 Å². The normalized spacial score (nSPS) is 9.55. The summed E-state index contributed by atoms with van der Waals surface area (Å²) in [6.45, 7) is 20.0. The maximum absolute atomic E-state index is 11.1. The van der Waals surface area contributed by atoms with Crippen LogP contribution >= 0.6 is 0 Å². The number of hydrogen-bond donors (Lipinski definition) is 1. The van der Waals surface area contributed by atoms with E-state index >= 15 is 0 Å². The van der Waals surface area contributed by atoms with Crippen molar-refractivity contribution in [2.75, 3.05) is 33.9 Å². The van der Waals surface area contributed by atoms with Crippen LogP contribution in [0.5, 0.6) is 0 Å². The van der Waals surface area contributed by atoms with Gasteiger partial charge < -0.3 is 39.2 Å². The molecule has 0 spiro atoms. The van der Waals surface area contributed by atoms with E-state index in [0.717, 1.165) is 38.1 Å². The van der Waals surface area contributed by atoms with Crippen molar-refractivity contribution in [1.29, 1.82) is 0 Å². The van der Waals surface area contributed by atoms with E-state index in [2.05, 4.69) is 20.8 Å². The number of aliphatic carboxylic acids is 1. The molecule has 9 heteroatoms. The first-order valence-electron chi connectivity index (χ1n) is 10.8. The van der Waals surface area contributed by atoms with Crippen molar-refractivity contribution in [3.8, 4) is 0 Å². The van der Waals surface area contributed by atoms with Crippen LogP contribution in [-0.4, -0.2) is 61.8 Å². The molecule has 0 atom stereocenters. The number of carboxylic acid groups (broad SMARTS) is 1. The number of carbonyl (C=O) groups excluding carboxylic acids is 2. The van der Waals surface area contributed by atoms with Gasteiger partial charge in [0, 0.05) is 6.54 Å². The molecule has 0 aromatic rings. The van der Waals surface area contributed by atoms with Gasteiger partial charge in [0.15, 0.2) is 5.97 Å². The molecule has 0 fully saturated rings. The van der Waals surface area contributed by atoms with Crippen LogP contribution in [0.3, 0.4) is 0 Å². The van der Waals surface area contributed by atoms with Crippen molar-refractivity contribution in [3.05, 3.63) is 25.7 Å². The first-order chi connectivity index (χ1) is 14.2. The third-order valence-electron chi connectivity index (χ3n) is 3.79. The molecule has 0 unspecified atom stereocenters. The monoisotopic (exact) mass is 561 g/mol. The maximum Gasteiger partial charge on any atom is 2.00 e. The maximum atomic E-state index is 11.1. The summed E-state index contributed by atoms with van der Waals surface area (Å²) in [5.74, 6) is -0.182. The third-order valence-corrected chi connectivity index (χ3v) is 3.79. The molecule has 0 aliphatic rings. The van der Waals surface area contributed by atoms with E-state index in [0.29, 0.717) is 25.6 Å². The quantitative estimate of drug-likeness (QED) is 0.212. The summed E-state index contributed by atoms with van der Waals surface area (Å²) in [5, 5.41) is 8.21. The van der Waals surface area contributed by atoms with Gasteiger partial charge >= 0.3 is 33.6 Å². The molecule has 0 aliphatic carbocycles. The Morgan fingerprint density at radius 3 is 1.82 bits per heavy atom. The Balaban J connectivity index is -0.000000117. The molecule has 1 N–H and O–H groups in total. The van der Waals surface area contributed by atoms with Crippen LogP contribution < -0.4 is 0 Å². The van der Waals surface area contributed by atoms with Crippen LogP contribution in [0.1, 0.15) is 73.6 Å². The molecule has 7 nitrogen and oxygen atoms in total. The van der Waals surface area contributed by atoms with Crippen LogP contribution in [0.15, 0.2) is 0 Å². The van der Waals surface area contributed by atoms with Crippen molar-refractivity contribution >= 4 is 17.9 Å². The van der Waals surface area contributed by atoms with Crippen LogP contribution in [0.2, 0.25) is 0 Å². The number of carbonyl (C=O) groups is 3. The first-order valence-corrected chi connectivity index (χ1v) is 10.8. The molecule has 0 aromatic heterocycles. The van der Waals surface area contributed by atoms with Gasteiger partial charge in [0.05, 0.1) is 6.61 Å². The Bertz CT molecular complexity index is 482. The van der Waals surface area contributed by atoms with Gasteiger partial charge in [0.1, 0.15) is 12.6 Å². The second kappa shape index (κ2) is 25.7. The van der Waals surface area contributed by atoms with Gasteiger partial charge in [-0.15, -0.1) is 0 Å². The second-order valence-electron chi connectivity index (χ2n) is 8.11. The Morgan fingerprint density at radius 1 is 1.00 bits per heavy atom. The molecule has 0 aliphatic heterocycles. The number of nitrogens with zero attached hydrogens (tertiary/aromatic N) is 1. The summed E-state index contributed by atoms with van der Waals surface area (Å²) in [6, 6.07) is 0. The van der Waals surface area contributed by atoms with E-state index in [1.165, 1.54) is 0 Å². The van der Waals surface area contributed by atoms with Crippen LogP contribution in [0.25, 0.3) is 0 Å². The largest absolute Gasteiger partial charge is 2.00 e. The average Bonchev–Trinajstić information content (AvgIpc) is 2.67. The smallest absolute Gasteiger partial charge is 0.505 e. The first kappa shape index (κ1) is 42.3. The second-order valence-corrected chi connectivity index (χ2v) is 8.11.